The van der Waals surface area contributed by atoms with Crippen LogP contribution in [0, 0.1) is 0 Å². The minimum absolute atomic E-state index is 0.0257. The van der Waals surface area contributed by atoms with Gasteiger partial charge in [-0.1, -0.05) is 0 Å². The summed E-state index contributed by atoms with van der Waals surface area (Å²) < 4.78 is 21.1. The maximum absolute atomic E-state index is 11.5. The van der Waals surface area contributed by atoms with Crippen molar-refractivity contribution in [1.29, 1.82) is 0 Å². The maximum atomic E-state index is 11.5. The molecule has 1 aromatic carbocycles. The molecule has 0 aliphatic rings. The van der Waals surface area contributed by atoms with Gasteiger partial charge in [0.05, 0.1) is 45.2 Å². The molecule has 0 radical (unpaired) electrons. The predicted octanol–water partition coefficient (Wildman–Crippen LogP) is 3.15. The van der Waals surface area contributed by atoms with Crippen molar-refractivity contribution in [2.45, 2.75) is 6.42 Å². The van der Waals surface area contributed by atoms with E-state index in [4.69, 9.17) is 14.2 Å². The molecule has 7 nitrogen and oxygen atoms in total. The number of fused-ring (bicyclic) bond motifs is 1. The van der Waals surface area contributed by atoms with Crippen LogP contribution in [0.4, 0.5) is 0 Å². The van der Waals surface area contributed by atoms with Crippen molar-refractivity contribution in [3.63, 3.8) is 0 Å². The molecule has 0 spiro atoms. The fourth-order valence-electron chi connectivity index (χ4n) is 2.47. The summed E-state index contributed by atoms with van der Waals surface area (Å²) in [5.74, 6) is 1.89. The number of carbonyl (C=O) groups is 1. The summed E-state index contributed by atoms with van der Waals surface area (Å²) in [7, 11) is 4.45. The van der Waals surface area contributed by atoms with Gasteiger partial charge in [0.25, 0.3) is 0 Å². The van der Waals surface area contributed by atoms with Crippen LogP contribution in [0.1, 0.15) is 5.69 Å². The van der Waals surface area contributed by atoms with Crippen molar-refractivity contribution in [1.82, 2.24) is 9.97 Å². The van der Waals surface area contributed by atoms with Gasteiger partial charge >= 0.3 is 5.97 Å². The fourth-order valence-corrected chi connectivity index (χ4v) is 2.47. The van der Waals surface area contributed by atoms with Crippen LogP contribution < -0.4 is 14.2 Å². The van der Waals surface area contributed by atoms with Gasteiger partial charge in [-0.05, 0) is 18.2 Å². The van der Waals surface area contributed by atoms with Crippen molar-refractivity contribution in [3.8, 4) is 23.0 Å². The van der Waals surface area contributed by atoms with Gasteiger partial charge in [0.15, 0.2) is 0 Å². The van der Waals surface area contributed by atoms with Gasteiger partial charge in [-0.3, -0.25) is 14.8 Å². The lowest BCUT2D eigenvalue weighted by molar-refractivity contribution is -0.139. The van der Waals surface area contributed by atoms with Gasteiger partial charge in [0, 0.05) is 23.7 Å². The lowest BCUT2D eigenvalue weighted by atomic mass is 10.2. The van der Waals surface area contributed by atoms with Crippen LogP contribution in [0.25, 0.3) is 10.9 Å². The Hall–Kier alpha value is -3.35. The molecule has 2 heterocycles. The molecule has 0 amide bonds. The van der Waals surface area contributed by atoms with E-state index >= 15 is 0 Å². The first-order chi connectivity index (χ1) is 12.6. The summed E-state index contributed by atoms with van der Waals surface area (Å²) in [5.41, 5.74) is 1.24. The number of ether oxygens (including phenoxy) is 4. The molecule has 0 aliphatic carbocycles. The number of rotatable bonds is 6. The van der Waals surface area contributed by atoms with Gasteiger partial charge in [-0.15, -0.1) is 0 Å². The molecule has 2 aromatic heterocycles. The quantitative estimate of drug-likeness (QED) is 0.629. The van der Waals surface area contributed by atoms with Crippen molar-refractivity contribution >= 4 is 16.9 Å². The molecule has 7 heteroatoms. The van der Waals surface area contributed by atoms with Crippen LogP contribution in [0.5, 0.6) is 23.0 Å². The van der Waals surface area contributed by atoms with E-state index in [1.165, 1.54) is 20.4 Å². The molecule has 3 aromatic rings. The minimum atomic E-state index is -0.390. The molecule has 0 N–H and O–H groups in total. The number of pyridine rings is 2. The summed E-state index contributed by atoms with van der Waals surface area (Å²) in [6.07, 6.45) is 3.22. The van der Waals surface area contributed by atoms with Crippen molar-refractivity contribution in [2.75, 3.05) is 21.3 Å². The molecule has 0 aliphatic heterocycles. The Balaban J connectivity index is 1.91. The van der Waals surface area contributed by atoms with Crippen LogP contribution in [0.3, 0.4) is 0 Å². The standard InChI is InChI=1S/C19H18N2O5/c1-23-12-4-5-14-15(8-12)20-7-6-17(14)26-13-9-18(24-2)16(21-11-13)10-19(22)25-3/h4-9,11H,10H2,1-3H3. The second-order valence-corrected chi connectivity index (χ2v) is 5.37. The predicted molar refractivity (Wildman–Crippen MR) is 94.9 cm³/mol. The highest BCUT2D eigenvalue weighted by Gasteiger charge is 2.13. The lowest BCUT2D eigenvalue weighted by Gasteiger charge is -2.12. The number of benzene rings is 1. The largest absolute Gasteiger partial charge is 0.497 e. The third kappa shape index (κ3) is 3.66. The highest BCUT2D eigenvalue weighted by Crippen LogP contribution is 2.32. The van der Waals surface area contributed by atoms with E-state index in [0.717, 1.165) is 16.7 Å². The summed E-state index contributed by atoms with van der Waals surface area (Å²) >= 11 is 0. The summed E-state index contributed by atoms with van der Waals surface area (Å²) in [5, 5.41) is 0.839. The first-order valence-corrected chi connectivity index (χ1v) is 7.85. The topological polar surface area (TPSA) is 79.8 Å². The summed E-state index contributed by atoms with van der Waals surface area (Å²) in [6.45, 7) is 0. The van der Waals surface area contributed by atoms with Crippen LogP contribution in [-0.4, -0.2) is 37.3 Å². The monoisotopic (exact) mass is 354 g/mol. The number of carbonyl (C=O) groups excluding carboxylic acids is 1. The Bertz CT molecular complexity index is 942. The average molecular weight is 354 g/mol. The third-order valence-electron chi connectivity index (χ3n) is 3.80. The van der Waals surface area contributed by atoms with Crippen LogP contribution in [0.2, 0.25) is 0 Å². The first kappa shape index (κ1) is 17.5. The van der Waals surface area contributed by atoms with E-state index in [1.807, 2.05) is 18.2 Å². The maximum Gasteiger partial charge on any atom is 0.311 e. The Morgan fingerprint density at radius 1 is 0.962 bits per heavy atom. The van der Waals surface area contributed by atoms with E-state index in [-0.39, 0.29) is 6.42 Å². The SMILES string of the molecule is COC(=O)Cc1ncc(Oc2ccnc3cc(OC)ccc23)cc1OC. The van der Waals surface area contributed by atoms with E-state index in [0.29, 0.717) is 22.9 Å². The molecule has 134 valence electrons. The zero-order chi connectivity index (χ0) is 18.5. The molecular weight excluding hydrogens is 336 g/mol. The number of aromatic nitrogens is 2. The number of methoxy groups -OCH3 is 3. The van der Waals surface area contributed by atoms with Gasteiger partial charge in [0.2, 0.25) is 0 Å². The molecule has 26 heavy (non-hydrogen) atoms. The average Bonchev–Trinajstić information content (AvgIpc) is 2.68. The van der Waals surface area contributed by atoms with Gasteiger partial charge in [-0.2, -0.15) is 0 Å². The Labute approximate surface area is 150 Å². The minimum Gasteiger partial charge on any atom is -0.497 e. The van der Waals surface area contributed by atoms with Crippen molar-refractivity contribution < 1.29 is 23.7 Å². The molecule has 0 unspecified atom stereocenters. The van der Waals surface area contributed by atoms with Gasteiger partial charge in [0.1, 0.15) is 23.0 Å². The molecule has 3 rings (SSSR count). The number of esters is 1. The normalized spacial score (nSPS) is 10.4. The summed E-state index contributed by atoms with van der Waals surface area (Å²) in [6, 6.07) is 9.01. The fraction of sp³-hybridized carbons (Fsp3) is 0.211. The number of nitrogens with zero attached hydrogens (tertiary/aromatic N) is 2. The number of hydrogen-bond donors (Lipinski definition) is 0. The zero-order valence-corrected chi connectivity index (χ0v) is 14.7. The van der Waals surface area contributed by atoms with E-state index in [1.54, 1.807) is 25.4 Å². The third-order valence-corrected chi connectivity index (χ3v) is 3.80. The Morgan fingerprint density at radius 3 is 2.54 bits per heavy atom. The van der Waals surface area contributed by atoms with Gasteiger partial charge in [-0.25, -0.2) is 0 Å². The number of hydrogen-bond acceptors (Lipinski definition) is 7. The van der Waals surface area contributed by atoms with Crippen molar-refractivity contribution in [2.24, 2.45) is 0 Å². The zero-order valence-electron chi connectivity index (χ0n) is 14.7. The second kappa shape index (κ2) is 7.69. The molecule has 0 bridgehead atoms. The van der Waals surface area contributed by atoms with Crippen LogP contribution >= 0.6 is 0 Å². The van der Waals surface area contributed by atoms with Crippen molar-refractivity contribution in [3.05, 3.63) is 48.4 Å². The van der Waals surface area contributed by atoms with Crippen LogP contribution in [0.15, 0.2) is 42.7 Å². The Morgan fingerprint density at radius 2 is 1.81 bits per heavy atom. The lowest BCUT2D eigenvalue weighted by Crippen LogP contribution is -2.07. The highest BCUT2D eigenvalue weighted by molar-refractivity contribution is 5.86. The second-order valence-electron chi connectivity index (χ2n) is 5.37. The first-order valence-electron chi connectivity index (χ1n) is 7.85. The van der Waals surface area contributed by atoms with E-state index in [2.05, 4.69) is 14.7 Å². The highest BCUT2D eigenvalue weighted by atomic mass is 16.5. The van der Waals surface area contributed by atoms with Gasteiger partial charge < -0.3 is 18.9 Å². The van der Waals surface area contributed by atoms with E-state index < -0.39 is 5.97 Å². The molecule has 0 atom stereocenters. The van der Waals surface area contributed by atoms with Crippen LogP contribution in [-0.2, 0) is 16.0 Å². The van der Waals surface area contributed by atoms with E-state index in [9.17, 15) is 4.79 Å². The molecular formula is C19H18N2O5. The molecule has 0 saturated heterocycles. The molecule has 0 fully saturated rings. The Kier molecular flexibility index (Phi) is 5.17. The molecule has 0 saturated carbocycles. The summed E-state index contributed by atoms with van der Waals surface area (Å²) in [4.78, 5) is 20.0. The smallest absolute Gasteiger partial charge is 0.311 e.